The van der Waals surface area contributed by atoms with Crippen LogP contribution in [0.2, 0.25) is 0 Å². The first-order chi connectivity index (χ1) is 18.3. The van der Waals surface area contributed by atoms with Gasteiger partial charge in [0.2, 0.25) is 0 Å². The monoisotopic (exact) mass is 531 g/mol. The van der Waals surface area contributed by atoms with Crippen LogP contribution < -0.4 is 5.32 Å². The average molecular weight is 532 g/mol. The summed E-state index contributed by atoms with van der Waals surface area (Å²) in [5, 5.41) is 3.07. The first kappa shape index (κ1) is 25.5. The fraction of sp³-hybridized carbons (Fsp3) is 0.276. The minimum atomic E-state index is -0.901. The Labute approximate surface area is 223 Å². The van der Waals surface area contributed by atoms with Crippen molar-refractivity contribution in [3.8, 4) is 0 Å². The molecule has 0 radical (unpaired) electrons. The van der Waals surface area contributed by atoms with Gasteiger partial charge in [-0.3, -0.25) is 14.4 Å². The van der Waals surface area contributed by atoms with E-state index in [0.717, 1.165) is 29.7 Å². The third-order valence-corrected chi connectivity index (χ3v) is 7.92. The zero-order valence-corrected chi connectivity index (χ0v) is 21.7. The van der Waals surface area contributed by atoms with Crippen molar-refractivity contribution in [3.63, 3.8) is 0 Å². The molecular formula is C29H25NO7S. The highest BCUT2D eigenvalue weighted by molar-refractivity contribution is 7.17. The topological polar surface area (TPSA) is 116 Å². The van der Waals surface area contributed by atoms with Crippen molar-refractivity contribution in [1.29, 1.82) is 0 Å². The van der Waals surface area contributed by atoms with Gasteiger partial charge in [-0.15, -0.1) is 11.3 Å². The van der Waals surface area contributed by atoms with Crippen LogP contribution in [0.5, 0.6) is 0 Å². The Kier molecular flexibility index (Phi) is 6.94. The number of rotatable bonds is 6. The second kappa shape index (κ2) is 10.3. The maximum Gasteiger partial charge on any atom is 0.341 e. The van der Waals surface area contributed by atoms with Crippen LogP contribution in [0.3, 0.4) is 0 Å². The summed E-state index contributed by atoms with van der Waals surface area (Å²) < 4.78 is 10.5. The molecule has 0 aliphatic heterocycles. The zero-order chi connectivity index (χ0) is 27.0. The molecule has 1 atom stereocenters. The average Bonchev–Trinajstić information content (AvgIpc) is 3.26. The molecule has 0 saturated carbocycles. The van der Waals surface area contributed by atoms with Gasteiger partial charge in [0.05, 0.1) is 17.7 Å². The Hall–Kier alpha value is -4.11. The van der Waals surface area contributed by atoms with Crippen molar-refractivity contribution in [2.24, 2.45) is 5.92 Å². The molecule has 2 aliphatic carbocycles. The molecule has 0 spiro atoms. The molecule has 2 aliphatic rings. The number of nitrogens with one attached hydrogen (secondary N) is 1. The lowest BCUT2D eigenvalue weighted by Gasteiger charge is -2.19. The van der Waals surface area contributed by atoms with Gasteiger partial charge in [-0.05, 0) is 43.7 Å². The van der Waals surface area contributed by atoms with Crippen LogP contribution in [0.4, 0.5) is 5.00 Å². The fourth-order valence-electron chi connectivity index (χ4n) is 4.94. The number of hydrogen-bond acceptors (Lipinski definition) is 8. The highest BCUT2D eigenvalue weighted by Gasteiger charge is 2.34. The summed E-state index contributed by atoms with van der Waals surface area (Å²) in [5.41, 5.74) is 1.75. The number of benzene rings is 2. The van der Waals surface area contributed by atoms with Gasteiger partial charge >= 0.3 is 11.9 Å². The SMILES string of the molecule is CCOC(=O)c1c(NC(=O)COC(=O)c2cccc3c2C(=O)c2ccccc2C3=O)sc2c1CC[C@H](C)C2. The maximum atomic E-state index is 13.2. The van der Waals surface area contributed by atoms with E-state index < -0.39 is 30.2 Å². The molecule has 8 nitrogen and oxygen atoms in total. The molecule has 1 amide bonds. The van der Waals surface area contributed by atoms with Crippen molar-refractivity contribution >= 4 is 45.8 Å². The number of ether oxygens (including phenoxy) is 2. The van der Waals surface area contributed by atoms with E-state index in [1.165, 1.54) is 35.6 Å². The molecule has 1 heterocycles. The van der Waals surface area contributed by atoms with Crippen LogP contribution >= 0.6 is 11.3 Å². The maximum absolute atomic E-state index is 13.2. The summed E-state index contributed by atoms with van der Waals surface area (Å²) >= 11 is 1.34. The highest BCUT2D eigenvalue weighted by atomic mass is 32.1. The molecule has 1 N–H and O–H groups in total. The number of hydrogen-bond donors (Lipinski definition) is 1. The molecule has 9 heteroatoms. The highest BCUT2D eigenvalue weighted by Crippen LogP contribution is 2.40. The van der Waals surface area contributed by atoms with Crippen molar-refractivity contribution in [2.45, 2.75) is 33.1 Å². The fourth-order valence-corrected chi connectivity index (χ4v) is 6.36. The van der Waals surface area contributed by atoms with Crippen molar-refractivity contribution in [1.82, 2.24) is 0 Å². The number of fused-ring (bicyclic) bond motifs is 3. The molecule has 0 fully saturated rings. The lowest BCUT2D eigenvalue weighted by molar-refractivity contribution is -0.119. The van der Waals surface area contributed by atoms with Crippen LogP contribution in [-0.4, -0.2) is 42.6 Å². The Bertz CT molecular complexity index is 1500. The Morgan fingerprint density at radius 2 is 1.66 bits per heavy atom. The molecule has 38 heavy (non-hydrogen) atoms. The number of carbonyl (C=O) groups excluding carboxylic acids is 5. The van der Waals surface area contributed by atoms with Gasteiger partial charge in [0, 0.05) is 27.1 Å². The number of thiophene rings is 1. The molecule has 194 valence electrons. The lowest BCUT2D eigenvalue weighted by atomic mass is 9.82. The summed E-state index contributed by atoms with van der Waals surface area (Å²) in [6.07, 6.45) is 2.47. The number of amides is 1. The van der Waals surface area contributed by atoms with E-state index in [1.807, 2.05) is 0 Å². The minimum Gasteiger partial charge on any atom is -0.462 e. The predicted molar refractivity (Wildman–Crippen MR) is 140 cm³/mol. The minimum absolute atomic E-state index is 0.0359. The van der Waals surface area contributed by atoms with Gasteiger partial charge in [0.25, 0.3) is 5.91 Å². The lowest BCUT2D eigenvalue weighted by Crippen LogP contribution is -2.26. The van der Waals surface area contributed by atoms with Gasteiger partial charge in [0.1, 0.15) is 5.00 Å². The van der Waals surface area contributed by atoms with E-state index in [9.17, 15) is 24.0 Å². The summed E-state index contributed by atoms with van der Waals surface area (Å²) in [6, 6.07) is 10.8. The normalized spacial score (nSPS) is 15.7. The number of carbonyl (C=O) groups is 5. The van der Waals surface area contributed by atoms with E-state index in [2.05, 4.69) is 12.2 Å². The number of anilines is 1. The smallest absolute Gasteiger partial charge is 0.341 e. The van der Waals surface area contributed by atoms with Gasteiger partial charge in [-0.25, -0.2) is 9.59 Å². The molecule has 1 aromatic heterocycles. The van der Waals surface area contributed by atoms with Crippen molar-refractivity contribution < 1.29 is 33.4 Å². The molecular weight excluding hydrogens is 506 g/mol. The van der Waals surface area contributed by atoms with Crippen LogP contribution in [0, 0.1) is 5.92 Å². The summed E-state index contributed by atoms with van der Waals surface area (Å²) in [4.78, 5) is 65.5. The van der Waals surface area contributed by atoms with E-state index >= 15 is 0 Å². The molecule has 0 bridgehead atoms. The van der Waals surface area contributed by atoms with Crippen LogP contribution in [0.15, 0.2) is 42.5 Å². The Balaban J connectivity index is 1.34. The van der Waals surface area contributed by atoms with Crippen molar-refractivity contribution in [2.75, 3.05) is 18.5 Å². The molecule has 0 saturated heterocycles. The third kappa shape index (κ3) is 4.54. The first-order valence-electron chi connectivity index (χ1n) is 12.4. The van der Waals surface area contributed by atoms with E-state index in [0.29, 0.717) is 16.5 Å². The molecule has 2 aromatic carbocycles. The van der Waals surface area contributed by atoms with Gasteiger partial charge in [-0.1, -0.05) is 43.3 Å². The van der Waals surface area contributed by atoms with Crippen molar-refractivity contribution in [3.05, 3.63) is 86.3 Å². The predicted octanol–water partition coefficient (Wildman–Crippen LogP) is 4.62. The van der Waals surface area contributed by atoms with E-state index in [4.69, 9.17) is 9.47 Å². The Morgan fingerprint density at radius 1 is 0.947 bits per heavy atom. The Morgan fingerprint density at radius 3 is 2.39 bits per heavy atom. The van der Waals surface area contributed by atoms with E-state index in [1.54, 1.807) is 25.1 Å². The second-order valence-electron chi connectivity index (χ2n) is 9.33. The standard InChI is InChI=1S/C29H25NO7S/c1-3-36-29(35)24-18-12-11-15(2)13-21(18)38-27(24)30-22(31)14-37-28(34)20-10-6-9-19-23(20)26(33)17-8-5-4-7-16(17)25(19)32/h4-10,15H,3,11-14H2,1-2H3,(H,30,31)/t15-/m0/s1. The number of ketones is 2. The second-order valence-corrected chi connectivity index (χ2v) is 10.4. The first-order valence-corrected chi connectivity index (χ1v) is 13.2. The van der Waals surface area contributed by atoms with E-state index in [-0.39, 0.29) is 40.2 Å². The summed E-state index contributed by atoms with van der Waals surface area (Å²) in [5.74, 6) is -2.37. The van der Waals surface area contributed by atoms with Gasteiger partial charge in [-0.2, -0.15) is 0 Å². The number of esters is 2. The third-order valence-electron chi connectivity index (χ3n) is 6.75. The van der Waals surface area contributed by atoms with Gasteiger partial charge < -0.3 is 14.8 Å². The molecule has 3 aromatic rings. The largest absolute Gasteiger partial charge is 0.462 e. The summed E-state index contributed by atoms with van der Waals surface area (Å²) in [6.45, 7) is 3.43. The molecule has 5 rings (SSSR count). The van der Waals surface area contributed by atoms with Crippen LogP contribution in [0.1, 0.15) is 83.3 Å². The zero-order valence-electron chi connectivity index (χ0n) is 20.9. The summed E-state index contributed by atoms with van der Waals surface area (Å²) in [7, 11) is 0. The van der Waals surface area contributed by atoms with Gasteiger partial charge in [0.15, 0.2) is 18.2 Å². The van der Waals surface area contributed by atoms with Crippen LogP contribution in [0.25, 0.3) is 0 Å². The van der Waals surface area contributed by atoms with Crippen LogP contribution in [-0.2, 0) is 27.1 Å². The quantitative estimate of drug-likeness (QED) is 0.361. The molecule has 0 unspecified atom stereocenters.